The highest BCUT2D eigenvalue weighted by molar-refractivity contribution is 5.74. The number of hydrogen-bond acceptors (Lipinski definition) is 2. The lowest BCUT2D eigenvalue weighted by Gasteiger charge is -2.15. The average Bonchev–Trinajstić information content (AvgIpc) is 2.77. The monoisotopic (exact) mass is 247 g/mol. The molecule has 0 fully saturated rings. The third kappa shape index (κ3) is 3.23. The van der Waals surface area contributed by atoms with Crippen LogP contribution in [0.5, 0.6) is 0 Å². The van der Waals surface area contributed by atoms with Gasteiger partial charge in [0.15, 0.2) is 0 Å². The van der Waals surface area contributed by atoms with Crippen molar-refractivity contribution in [3.05, 3.63) is 35.4 Å². The van der Waals surface area contributed by atoms with Crippen LogP contribution in [0.2, 0.25) is 0 Å². The van der Waals surface area contributed by atoms with Crippen LogP contribution < -0.4 is 16.0 Å². The number of nitrogens with one attached hydrogen (secondary N) is 3. The van der Waals surface area contributed by atoms with E-state index in [4.69, 9.17) is 0 Å². The minimum atomic E-state index is -0.0742. The van der Waals surface area contributed by atoms with E-state index in [1.165, 1.54) is 11.1 Å². The van der Waals surface area contributed by atoms with E-state index in [0.29, 0.717) is 6.54 Å². The van der Waals surface area contributed by atoms with E-state index in [0.717, 1.165) is 12.8 Å². The Morgan fingerprint density at radius 3 is 2.50 bits per heavy atom. The molecule has 0 spiro atoms. The molecule has 4 nitrogen and oxygen atoms in total. The van der Waals surface area contributed by atoms with Gasteiger partial charge in [0.2, 0.25) is 0 Å². The molecule has 2 amide bonds. The Morgan fingerprint density at radius 2 is 1.94 bits per heavy atom. The van der Waals surface area contributed by atoms with E-state index in [1.807, 2.05) is 14.0 Å². The fourth-order valence-electron chi connectivity index (χ4n) is 2.25. The molecule has 4 heteroatoms. The van der Waals surface area contributed by atoms with Gasteiger partial charge in [-0.2, -0.15) is 0 Å². The number of rotatable bonds is 4. The molecule has 3 N–H and O–H groups in total. The van der Waals surface area contributed by atoms with Crippen LogP contribution in [-0.2, 0) is 12.8 Å². The number of likely N-dealkylation sites (N-methyl/N-ethyl adjacent to an activating group) is 1. The zero-order valence-corrected chi connectivity index (χ0v) is 11.0. The molecule has 1 aliphatic carbocycles. The smallest absolute Gasteiger partial charge is 0.315 e. The van der Waals surface area contributed by atoms with Crippen molar-refractivity contribution in [2.24, 2.45) is 0 Å². The number of benzene rings is 1. The largest absolute Gasteiger partial charge is 0.337 e. The summed E-state index contributed by atoms with van der Waals surface area (Å²) in [4.78, 5) is 11.7. The van der Waals surface area contributed by atoms with E-state index in [9.17, 15) is 4.79 Å². The molecule has 0 saturated carbocycles. The number of amides is 2. The molecule has 0 bridgehead atoms. The second-order valence-corrected chi connectivity index (χ2v) is 4.92. The summed E-state index contributed by atoms with van der Waals surface area (Å²) in [5.41, 5.74) is 2.71. The van der Waals surface area contributed by atoms with Crippen molar-refractivity contribution in [3.63, 3.8) is 0 Å². The van der Waals surface area contributed by atoms with E-state index >= 15 is 0 Å². The summed E-state index contributed by atoms with van der Waals surface area (Å²) >= 11 is 0. The molecule has 1 aromatic carbocycles. The zero-order valence-electron chi connectivity index (χ0n) is 11.0. The molecular weight excluding hydrogens is 226 g/mol. The maximum absolute atomic E-state index is 11.7. The molecule has 98 valence electrons. The third-order valence-corrected chi connectivity index (χ3v) is 3.45. The predicted molar refractivity (Wildman–Crippen MR) is 72.7 cm³/mol. The molecular formula is C14H21N3O. The first kappa shape index (κ1) is 12.9. The lowest BCUT2D eigenvalue weighted by molar-refractivity contribution is 0.236. The van der Waals surface area contributed by atoms with Crippen LogP contribution in [-0.4, -0.2) is 31.7 Å². The van der Waals surface area contributed by atoms with E-state index < -0.39 is 0 Å². The standard InChI is InChI=1S/C14H21N3O/c1-10(15-2)9-16-14(18)17-13-7-11-5-3-4-6-12(11)8-13/h3-6,10,13,15H,7-9H2,1-2H3,(H2,16,17,18). The van der Waals surface area contributed by atoms with Crippen molar-refractivity contribution in [3.8, 4) is 0 Å². The molecule has 1 atom stereocenters. The first-order valence-electron chi connectivity index (χ1n) is 6.47. The van der Waals surface area contributed by atoms with Crippen LogP contribution in [0.1, 0.15) is 18.1 Å². The van der Waals surface area contributed by atoms with Crippen molar-refractivity contribution in [2.75, 3.05) is 13.6 Å². The second kappa shape index (κ2) is 5.87. The first-order valence-corrected chi connectivity index (χ1v) is 6.47. The Kier molecular flexibility index (Phi) is 4.20. The van der Waals surface area contributed by atoms with Gasteiger partial charge in [-0.15, -0.1) is 0 Å². The highest BCUT2D eigenvalue weighted by Crippen LogP contribution is 2.21. The average molecular weight is 247 g/mol. The van der Waals surface area contributed by atoms with Crippen molar-refractivity contribution in [2.45, 2.75) is 31.8 Å². The fraction of sp³-hybridized carbons (Fsp3) is 0.500. The van der Waals surface area contributed by atoms with Gasteiger partial charge >= 0.3 is 6.03 Å². The van der Waals surface area contributed by atoms with Gasteiger partial charge in [-0.1, -0.05) is 24.3 Å². The van der Waals surface area contributed by atoms with Crippen LogP contribution in [0.3, 0.4) is 0 Å². The SMILES string of the molecule is CNC(C)CNC(=O)NC1Cc2ccccc2C1. The van der Waals surface area contributed by atoms with Crippen molar-refractivity contribution in [1.82, 2.24) is 16.0 Å². The summed E-state index contributed by atoms with van der Waals surface area (Å²) in [6.07, 6.45) is 1.87. The molecule has 0 aliphatic heterocycles. The summed E-state index contributed by atoms with van der Waals surface area (Å²) < 4.78 is 0. The van der Waals surface area contributed by atoms with Gasteiger partial charge < -0.3 is 16.0 Å². The van der Waals surface area contributed by atoms with E-state index in [-0.39, 0.29) is 18.1 Å². The normalized spacial score (nSPS) is 16.1. The molecule has 1 unspecified atom stereocenters. The topological polar surface area (TPSA) is 53.2 Å². The molecule has 0 radical (unpaired) electrons. The van der Waals surface area contributed by atoms with Crippen molar-refractivity contribution < 1.29 is 4.79 Å². The van der Waals surface area contributed by atoms with Crippen LogP contribution >= 0.6 is 0 Å². The molecule has 0 heterocycles. The molecule has 0 saturated heterocycles. The number of carbonyl (C=O) groups is 1. The minimum absolute atomic E-state index is 0.0742. The maximum atomic E-state index is 11.7. The Labute approximate surface area is 108 Å². The lowest BCUT2D eigenvalue weighted by atomic mass is 10.1. The van der Waals surface area contributed by atoms with Crippen LogP contribution in [0.25, 0.3) is 0 Å². The lowest BCUT2D eigenvalue weighted by Crippen LogP contribution is -2.46. The summed E-state index contributed by atoms with van der Waals surface area (Å²) in [6, 6.07) is 8.82. The molecule has 1 aliphatic rings. The number of fused-ring (bicyclic) bond motifs is 1. The van der Waals surface area contributed by atoms with Gasteiger partial charge in [-0.05, 0) is 37.9 Å². The summed E-state index contributed by atoms with van der Waals surface area (Å²) in [5.74, 6) is 0. The Bertz CT molecular complexity index is 394. The number of carbonyl (C=O) groups excluding carboxylic acids is 1. The minimum Gasteiger partial charge on any atom is -0.337 e. The summed E-state index contributed by atoms with van der Waals surface area (Å²) in [6.45, 7) is 2.67. The number of urea groups is 1. The van der Waals surface area contributed by atoms with Crippen LogP contribution in [0.4, 0.5) is 4.79 Å². The van der Waals surface area contributed by atoms with Crippen molar-refractivity contribution >= 4 is 6.03 Å². The van der Waals surface area contributed by atoms with Gasteiger partial charge in [0.1, 0.15) is 0 Å². The Balaban J connectivity index is 1.77. The first-order chi connectivity index (χ1) is 8.69. The highest BCUT2D eigenvalue weighted by Gasteiger charge is 2.22. The second-order valence-electron chi connectivity index (χ2n) is 4.92. The van der Waals surface area contributed by atoms with Crippen LogP contribution in [0, 0.1) is 0 Å². The summed E-state index contributed by atoms with van der Waals surface area (Å²) in [7, 11) is 1.89. The van der Waals surface area contributed by atoms with Crippen molar-refractivity contribution in [1.29, 1.82) is 0 Å². The maximum Gasteiger partial charge on any atom is 0.315 e. The zero-order chi connectivity index (χ0) is 13.0. The quantitative estimate of drug-likeness (QED) is 0.745. The Hall–Kier alpha value is -1.55. The highest BCUT2D eigenvalue weighted by atomic mass is 16.2. The predicted octanol–water partition coefficient (Wildman–Crippen LogP) is 1.06. The van der Waals surface area contributed by atoms with Gasteiger partial charge in [0.05, 0.1) is 0 Å². The molecule has 1 aromatic rings. The van der Waals surface area contributed by atoms with Gasteiger partial charge in [0, 0.05) is 18.6 Å². The Morgan fingerprint density at radius 1 is 1.33 bits per heavy atom. The van der Waals surface area contributed by atoms with Gasteiger partial charge in [0.25, 0.3) is 0 Å². The number of hydrogen-bond donors (Lipinski definition) is 3. The molecule has 0 aromatic heterocycles. The van der Waals surface area contributed by atoms with E-state index in [2.05, 4.69) is 40.2 Å². The summed E-state index contributed by atoms with van der Waals surface area (Å²) in [5, 5.41) is 8.99. The molecule has 18 heavy (non-hydrogen) atoms. The van der Waals surface area contributed by atoms with E-state index in [1.54, 1.807) is 0 Å². The fourth-order valence-corrected chi connectivity index (χ4v) is 2.25. The van der Waals surface area contributed by atoms with Gasteiger partial charge in [-0.3, -0.25) is 0 Å². The third-order valence-electron chi connectivity index (χ3n) is 3.45. The van der Waals surface area contributed by atoms with Gasteiger partial charge in [-0.25, -0.2) is 4.79 Å². The van der Waals surface area contributed by atoms with Crippen LogP contribution in [0.15, 0.2) is 24.3 Å². The molecule has 2 rings (SSSR count).